The number of fused-ring (bicyclic) bond motifs is 1. The third-order valence-corrected chi connectivity index (χ3v) is 4.28. The van der Waals surface area contributed by atoms with Crippen molar-refractivity contribution in [3.05, 3.63) is 71.7 Å². The van der Waals surface area contributed by atoms with Crippen LogP contribution in [0.3, 0.4) is 0 Å². The Morgan fingerprint density at radius 1 is 0.960 bits per heavy atom. The predicted octanol–water partition coefficient (Wildman–Crippen LogP) is 4.67. The van der Waals surface area contributed by atoms with E-state index in [1.807, 2.05) is 24.3 Å². The minimum absolute atomic E-state index is 0. The van der Waals surface area contributed by atoms with Gasteiger partial charge in [0.05, 0.1) is 0 Å². The third kappa shape index (κ3) is 4.85. The molecule has 0 radical (unpaired) electrons. The lowest BCUT2D eigenvalue weighted by atomic mass is 10.0. The standard InChI is InChI=1S/C21H25NO2.ClH/c1-2-14-22-15-19(23)21-18-11-7-6-10-17(18)20(24-21)13-12-16-8-4-3-5-9-16;/h3-11,19,22-23H,2,12-15H2,1H3;1H. The monoisotopic (exact) mass is 359 g/mol. The topological polar surface area (TPSA) is 45.4 Å². The summed E-state index contributed by atoms with van der Waals surface area (Å²) in [5, 5.41) is 15.9. The highest BCUT2D eigenvalue weighted by Crippen LogP contribution is 2.31. The predicted molar refractivity (Wildman–Crippen MR) is 105 cm³/mol. The molecule has 0 saturated heterocycles. The van der Waals surface area contributed by atoms with Crippen LogP contribution in [0.2, 0.25) is 0 Å². The van der Waals surface area contributed by atoms with Crippen molar-refractivity contribution in [1.82, 2.24) is 5.32 Å². The molecule has 25 heavy (non-hydrogen) atoms. The average Bonchev–Trinajstić information content (AvgIpc) is 3.00. The van der Waals surface area contributed by atoms with Crippen LogP contribution in [0.15, 0.2) is 59.0 Å². The third-order valence-electron chi connectivity index (χ3n) is 4.28. The van der Waals surface area contributed by atoms with Gasteiger partial charge in [0.2, 0.25) is 0 Å². The van der Waals surface area contributed by atoms with E-state index in [4.69, 9.17) is 4.42 Å². The molecule has 0 spiro atoms. The van der Waals surface area contributed by atoms with Crippen molar-refractivity contribution in [3.8, 4) is 0 Å². The fourth-order valence-corrected chi connectivity index (χ4v) is 3.03. The maximum atomic E-state index is 10.5. The summed E-state index contributed by atoms with van der Waals surface area (Å²) in [7, 11) is 0. The molecule has 0 amide bonds. The zero-order valence-electron chi connectivity index (χ0n) is 14.6. The Bertz CT molecular complexity index is 770. The Morgan fingerprint density at radius 3 is 2.36 bits per heavy atom. The first-order chi connectivity index (χ1) is 11.8. The van der Waals surface area contributed by atoms with Crippen molar-refractivity contribution < 1.29 is 9.52 Å². The molecule has 3 nitrogen and oxygen atoms in total. The van der Waals surface area contributed by atoms with E-state index >= 15 is 0 Å². The lowest BCUT2D eigenvalue weighted by molar-refractivity contribution is 0.147. The minimum Gasteiger partial charge on any atom is -0.462 e. The summed E-state index contributed by atoms with van der Waals surface area (Å²) >= 11 is 0. The second kappa shape index (κ2) is 9.62. The molecule has 0 fully saturated rings. The average molecular weight is 360 g/mol. The first-order valence-corrected chi connectivity index (χ1v) is 8.72. The van der Waals surface area contributed by atoms with E-state index in [9.17, 15) is 5.11 Å². The Kier molecular flexibility index (Phi) is 7.51. The first-order valence-electron chi connectivity index (χ1n) is 8.72. The van der Waals surface area contributed by atoms with Crippen LogP contribution < -0.4 is 5.32 Å². The number of hydrogen-bond acceptors (Lipinski definition) is 3. The Balaban J connectivity index is 0.00000225. The SMILES string of the molecule is CCCNCC(O)c1oc(CCc2ccccc2)c2ccccc12.Cl. The maximum absolute atomic E-state index is 10.5. The van der Waals surface area contributed by atoms with Crippen LogP contribution in [-0.2, 0) is 12.8 Å². The molecule has 0 saturated carbocycles. The normalized spacial score (nSPS) is 12.1. The van der Waals surface area contributed by atoms with Gasteiger partial charge < -0.3 is 14.8 Å². The summed E-state index contributed by atoms with van der Waals surface area (Å²) in [6.07, 6.45) is 2.20. The van der Waals surface area contributed by atoms with E-state index in [0.717, 1.165) is 42.3 Å². The van der Waals surface area contributed by atoms with E-state index in [0.29, 0.717) is 12.3 Å². The van der Waals surface area contributed by atoms with Gasteiger partial charge in [-0.3, -0.25) is 0 Å². The molecule has 0 aliphatic rings. The number of nitrogens with one attached hydrogen (secondary N) is 1. The van der Waals surface area contributed by atoms with Gasteiger partial charge in [-0.2, -0.15) is 0 Å². The highest BCUT2D eigenvalue weighted by molar-refractivity contribution is 5.87. The summed E-state index contributed by atoms with van der Waals surface area (Å²) in [6, 6.07) is 18.5. The summed E-state index contributed by atoms with van der Waals surface area (Å²) in [6.45, 7) is 3.53. The van der Waals surface area contributed by atoms with Crippen LogP contribution >= 0.6 is 12.4 Å². The summed E-state index contributed by atoms with van der Waals surface area (Å²) < 4.78 is 6.09. The Labute approximate surface area is 155 Å². The van der Waals surface area contributed by atoms with Gasteiger partial charge in [0.1, 0.15) is 17.6 Å². The van der Waals surface area contributed by atoms with Crippen LogP contribution in [0.4, 0.5) is 0 Å². The van der Waals surface area contributed by atoms with Crippen molar-refractivity contribution in [2.75, 3.05) is 13.1 Å². The fourth-order valence-electron chi connectivity index (χ4n) is 3.03. The zero-order valence-corrected chi connectivity index (χ0v) is 15.4. The van der Waals surface area contributed by atoms with Crippen molar-refractivity contribution in [2.45, 2.75) is 32.3 Å². The van der Waals surface area contributed by atoms with E-state index in [-0.39, 0.29) is 12.4 Å². The number of hydrogen-bond donors (Lipinski definition) is 2. The van der Waals surface area contributed by atoms with Crippen molar-refractivity contribution in [1.29, 1.82) is 0 Å². The highest BCUT2D eigenvalue weighted by Gasteiger charge is 2.19. The van der Waals surface area contributed by atoms with Gasteiger partial charge >= 0.3 is 0 Å². The second-order valence-corrected chi connectivity index (χ2v) is 6.14. The summed E-state index contributed by atoms with van der Waals surface area (Å²) in [4.78, 5) is 0. The second-order valence-electron chi connectivity index (χ2n) is 6.14. The molecule has 0 aliphatic heterocycles. The van der Waals surface area contributed by atoms with Crippen LogP contribution in [0, 0.1) is 0 Å². The Morgan fingerprint density at radius 2 is 1.64 bits per heavy atom. The van der Waals surface area contributed by atoms with E-state index < -0.39 is 6.10 Å². The van der Waals surface area contributed by atoms with Crippen molar-refractivity contribution in [3.63, 3.8) is 0 Å². The van der Waals surface area contributed by atoms with Crippen LogP contribution in [0.5, 0.6) is 0 Å². The molecule has 0 bridgehead atoms. The molecular formula is C21H26ClNO2. The van der Waals surface area contributed by atoms with Gasteiger partial charge in [-0.25, -0.2) is 0 Å². The van der Waals surface area contributed by atoms with Crippen LogP contribution in [0.25, 0.3) is 10.8 Å². The zero-order chi connectivity index (χ0) is 16.8. The number of halogens is 1. The van der Waals surface area contributed by atoms with Crippen molar-refractivity contribution >= 4 is 23.2 Å². The number of aryl methyl sites for hydroxylation is 2. The largest absolute Gasteiger partial charge is 0.462 e. The number of benzene rings is 2. The fraction of sp³-hybridized carbons (Fsp3) is 0.333. The lowest BCUT2D eigenvalue weighted by Gasteiger charge is -2.09. The first kappa shape index (κ1) is 19.5. The number of rotatable bonds is 8. The highest BCUT2D eigenvalue weighted by atomic mass is 35.5. The molecule has 1 aromatic heterocycles. The van der Waals surface area contributed by atoms with Gasteiger partial charge in [0.25, 0.3) is 0 Å². The maximum Gasteiger partial charge on any atom is 0.141 e. The van der Waals surface area contributed by atoms with Gasteiger partial charge in [-0.15, -0.1) is 12.4 Å². The minimum atomic E-state index is -0.619. The molecule has 3 rings (SSSR count). The van der Waals surface area contributed by atoms with Gasteiger partial charge in [0.15, 0.2) is 0 Å². The molecule has 1 heterocycles. The molecular weight excluding hydrogens is 334 g/mol. The summed E-state index contributed by atoms with van der Waals surface area (Å²) in [5.74, 6) is 1.64. The molecule has 2 aromatic carbocycles. The molecule has 2 N–H and O–H groups in total. The number of aliphatic hydroxyl groups excluding tert-OH is 1. The van der Waals surface area contributed by atoms with Crippen molar-refractivity contribution in [2.24, 2.45) is 0 Å². The lowest BCUT2D eigenvalue weighted by Crippen LogP contribution is -2.21. The molecule has 4 heteroatoms. The Hall–Kier alpha value is -1.81. The van der Waals surface area contributed by atoms with Gasteiger partial charge in [0, 0.05) is 23.7 Å². The molecule has 1 atom stereocenters. The van der Waals surface area contributed by atoms with Gasteiger partial charge in [-0.1, -0.05) is 61.5 Å². The van der Waals surface area contributed by atoms with E-state index in [2.05, 4.69) is 42.6 Å². The molecule has 0 aliphatic carbocycles. The molecule has 1 unspecified atom stereocenters. The molecule has 3 aromatic rings. The quantitative estimate of drug-likeness (QED) is 0.574. The number of furan rings is 1. The van der Waals surface area contributed by atoms with Crippen LogP contribution in [0.1, 0.15) is 36.5 Å². The van der Waals surface area contributed by atoms with E-state index in [1.165, 1.54) is 5.56 Å². The van der Waals surface area contributed by atoms with Crippen LogP contribution in [-0.4, -0.2) is 18.2 Å². The van der Waals surface area contributed by atoms with E-state index in [1.54, 1.807) is 0 Å². The summed E-state index contributed by atoms with van der Waals surface area (Å²) in [5.41, 5.74) is 1.30. The smallest absolute Gasteiger partial charge is 0.141 e. The number of aliphatic hydroxyl groups is 1. The van der Waals surface area contributed by atoms with Gasteiger partial charge in [-0.05, 0) is 24.9 Å². The molecule has 134 valence electrons.